The van der Waals surface area contributed by atoms with Crippen LogP contribution in [0.1, 0.15) is 13.8 Å². The van der Waals surface area contributed by atoms with Gasteiger partial charge in [0, 0.05) is 84.6 Å². The van der Waals surface area contributed by atoms with Crippen molar-refractivity contribution in [1.82, 2.24) is 37.2 Å². The smallest absolute Gasteiger partial charge is 0.0560 e. The van der Waals surface area contributed by atoms with Gasteiger partial charge in [-0.05, 0) is 0 Å². The lowest BCUT2D eigenvalue weighted by Crippen LogP contribution is -2.67. The second-order valence-electron chi connectivity index (χ2n) is 8.00. The van der Waals surface area contributed by atoms with Gasteiger partial charge in [0.1, 0.15) is 0 Å². The van der Waals surface area contributed by atoms with E-state index >= 15 is 0 Å². The minimum Gasteiger partial charge on any atom is -0.322 e. The predicted octanol–water partition coefficient (Wildman–Crippen LogP) is -3.01. The Morgan fingerprint density at radius 2 is 0.960 bits per heavy atom. The molecule has 0 amide bonds. The zero-order valence-corrected chi connectivity index (χ0v) is 16.1. The quantitative estimate of drug-likeness (QED) is 0.264. The largest absolute Gasteiger partial charge is 0.322 e. The Balaban J connectivity index is 2.10. The van der Waals surface area contributed by atoms with Crippen molar-refractivity contribution in [2.75, 3.05) is 78.5 Å². The molecule has 0 aromatic heterocycles. The van der Waals surface area contributed by atoms with Crippen LogP contribution in [-0.4, -0.2) is 95.7 Å². The first-order valence-electron chi connectivity index (χ1n) is 9.85. The van der Waals surface area contributed by atoms with Crippen LogP contribution >= 0.6 is 0 Å². The molecule has 3 heterocycles. The van der Waals surface area contributed by atoms with Gasteiger partial charge in [-0.15, -0.1) is 0 Å². The predicted molar refractivity (Wildman–Crippen MR) is 105 cm³/mol. The third-order valence-corrected chi connectivity index (χ3v) is 4.85. The van der Waals surface area contributed by atoms with Crippen molar-refractivity contribution in [3.63, 3.8) is 0 Å². The van der Waals surface area contributed by atoms with Gasteiger partial charge in [0.15, 0.2) is 0 Å². The maximum Gasteiger partial charge on any atom is 0.0560 e. The van der Waals surface area contributed by atoms with Crippen molar-refractivity contribution < 1.29 is 0 Å². The van der Waals surface area contributed by atoms with Gasteiger partial charge in [0.25, 0.3) is 0 Å². The number of nitrogens with one attached hydrogen (secondary N) is 7. The molecule has 8 heteroatoms. The molecule has 25 heavy (non-hydrogen) atoms. The molecule has 0 aliphatic carbocycles. The molecule has 0 radical (unpaired) electrons. The number of nitrogens with two attached hydrogens (primary N) is 1. The van der Waals surface area contributed by atoms with Crippen LogP contribution in [0.15, 0.2) is 0 Å². The monoisotopic (exact) mass is 356 g/mol. The Kier molecular flexibility index (Phi) is 9.01. The molecular weight excluding hydrogens is 316 g/mol. The molecule has 3 rings (SSSR count). The van der Waals surface area contributed by atoms with Crippen molar-refractivity contribution in [1.29, 1.82) is 0 Å². The standard InChI is InChI=1S/C17H40N8/c1-15(2)25-17-12-22-6-3-19-9-16(18,10-20-4-7-23-13-17)11-21-5-8-24-14-17/h15,19-25H,3-14,18H2,1-2H3. The van der Waals surface area contributed by atoms with Crippen LogP contribution < -0.4 is 43.0 Å². The lowest BCUT2D eigenvalue weighted by Gasteiger charge is -2.39. The van der Waals surface area contributed by atoms with Crippen LogP contribution in [0.25, 0.3) is 0 Å². The van der Waals surface area contributed by atoms with Crippen molar-refractivity contribution >= 4 is 0 Å². The third kappa shape index (κ3) is 7.84. The van der Waals surface area contributed by atoms with E-state index in [4.69, 9.17) is 5.73 Å². The molecule has 8 nitrogen and oxygen atoms in total. The van der Waals surface area contributed by atoms with Crippen molar-refractivity contribution in [3.05, 3.63) is 0 Å². The van der Waals surface area contributed by atoms with E-state index < -0.39 is 0 Å². The van der Waals surface area contributed by atoms with Gasteiger partial charge in [-0.25, -0.2) is 0 Å². The highest BCUT2D eigenvalue weighted by Gasteiger charge is 2.30. The van der Waals surface area contributed by atoms with Crippen molar-refractivity contribution in [3.8, 4) is 0 Å². The Hall–Kier alpha value is -0.320. The summed E-state index contributed by atoms with van der Waals surface area (Å²) in [6, 6.07) is 0.440. The van der Waals surface area contributed by atoms with Crippen LogP contribution in [0.3, 0.4) is 0 Å². The fourth-order valence-electron chi connectivity index (χ4n) is 3.67. The van der Waals surface area contributed by atoms with E-state index in [-0.39, 0.29) is 11.1 Å². The molecule has 0 aromatic rings. The fourth-order valence-corrected chi connectivity index (χ4v) is 3.67. The van der Waals surface area contributed by atoms with E-state index in [1.807, 2.05) is 0 Å². The summed E-state index contributed by atoms with van der Waals surface area (Å²) in [5.74, 6) is 0. The summed E-state index contributed by atoms with van der Waals surface area (Å²) in [7, 11) is 0. The van der Waals surface area contributed by atoms with Gasteiger partial charge in [-0.2, -0.15) is 0 Å². The highest BCUT2D eigenvalue weighted by molar-refractivity contribution is 4.97. The Morgan fingerprint density at radius 3 is 1.28 bits per heavy atom. The van der Waals surface area contributed by atoms with Crippen LogP contribution in [0.2, 0.25) is 0 Å². The fraction of sp³-hybridized carbons (Fsp3) is 1.00. The summed E-state index contributed by atoms with van der Waals surface area (Å²) in [6.07, 6.45) is 0. The van der Waals surface area contributed by atoms with Crippen LogP contribution in [0.5, 0.6) is 0 Å². The first-order chi connectivity index (χ1) is 12.0. The van der Waals surface area contributed by atoms with Gasteiger partial charge in [0.05, 0.1) is 11.1 Å². The molecule has 3 saturated heterocycles. The summed E-state index contributed by atoms with van der Waals surface area (Å²) < 4.78 is 0. The Labute approximate surface area is 153 Å². The summed E-state index contributed by atoms with van der Waals surface area (Å²) >= 11 is 0. The lowest BCUT2D eigenvalue weighted by molar-refractivity contribution is 0.255. The Bertz CT molecular complexity index is 319. The van der Waals surface area contributed by atoms with E-state index in [1.165, 1.54) is 0 Å². The molecule has 0 unspecified atom stereocenters. The molecule has 0 saturated carbocycles. The normalized spacial score (nSPS) is 34.6. The molecule has 2 bridgehead atoms. The molecule has 0 spiro atoms. The number of hydrogen-bond acceptors (Lipinski definition) is 8. The molecule has 0 aromatic carbocycles. The van der Waals surface area contributed by atoms with Gasteiger partial charge in [-0.1, -0.05) is 13.8 Å². The second kappa shape index (κ2) is 10.7. The summed E-state index contributed by atoms with van der Waals surface area (Å²) in [5, 5.41) is 25.3. The molecule has 9 N–H and O–H groups in total. The summed E-state index contributed by atoms with van der Waals surface area (Å²) in [6.45, 7) is 15.3. The number of hydrogen-bond donors (Lipinski definition) is 8. The zero-order valence-electron chi connectivity index (χ0n) is 16.1. The van der Waals surface area contributed by atoms with Gasteiger partial charge >= 0.3 is 0 Å². The van der Waals surface area contributed by atoms with Crippen LogP contribution in [-0.2, 0) is 0 Å². The maximum absolute atomic E-state index is 6.62. The van der Waals surface area contributed by atoms with Crippen molar-refractivity contribution in [2.24, 2.45) is 5.73 Å². The summed E-state index contributed by atoms with van der Waals surface area (Å²) in [4.78, 5) is 0. The van der Waals surface area contributed by atoms with E-state index in [0.717, 1.165) is 78.5 Å². The summed E-state index contributed by atoms with van der Waals surface area (Å²) in [5.41, 5.74) is 6.35. The average molecular weight is 357 g/mol. The molecule has 3 fully saturated rings. The molecule has 3 aliphatic heterocycles. The molecule has 3 aliphatic rings. The SMILES string of the molecule is CC(C)NC12CNCCNCC(N)(CNCCNC1)CNCCNC2. The topological polar surface area (TPSA) is 110 Å². The molecular formula is C17H40N8. The minimum atomic E-state index is -0.267. The first kappa shape index (κ1) is 21.0. The van der Waals surface area contributed by atoms with Crippen LogP contribution in [0.4, 0.5) is 0 Å². The van der Waals surface area contributed by atoms with Gasteiger partial charge in [0.2, 0.25) is 0 Å². The van der Waals surface area contributed by atoms with E-state index in [0.29, 0.717) is 6.04 Å². The Morgan fingerprint density at radius 1 is 0.640 bits per heavy atom. The molecule has 148 valence electrons. The highest BCUT2D eigenvalue weighted by Crippen LogP contribution is 2.04. The highest BCUT2D eigenvalue weighted by atomic mass is 15.2. The first-order valence-corrected chi connectivity index (χ1v) is 9.85. The van der Waals surface area contributed by atoms with Gasteiger partial charge < -0.3 is 43.0 Å². The minimum absolute atomic E-state index is 0.0000257. The number of rotatable bonds is 2. The number of fused-ring (bicyclic) bond motifs is 15. The maximum atomic E-state index is 6.62. The van der Waals surface area contributed by atoms with Crippen molar-refractivity contribution in [2.45, 2.75) is 31.0 Å². The lowest BCUT2D eigenvalue weighted by atomic mass is 9.97. The average Bonchev–Trinajstić information content (AvgIpc) is 2.56. The zero-order chi connectivity index (χ0) is 18.0. The van der Waals surface area contributed by atoms with Crippen LogP contribution in [0, 0.1) is 0 Å². The molecule has 0 atom stereocenters. The van der Waals surface area contributed by atoms with E-state index in [2.05, 4.69) is 51.1 Å². The third-order valence-electron chi connectivity index (χ3n) is 4.85. The van der Waals surface area contributed by atoms with Gasteiger partial charge in [-0.3, -0.25) is 0 Å². The second-order valence-corrected chi connectivity index (χ2v) is 8.00. The van der Waals surface area contributed by atoms with E-state index in [9.17, 15) is 0 Å². The van der Waals surface area contributed by atoms with E-state index in [1.54, 1.807) is 0 Å².